The SMILES string of the molecule is O=C(Nc1ccccc1S(=O)(=O)F)c1cccc(Br)c1F. The zero-order chi connectivity index (χ0) is 15.6. The van der Waals surface area contributed by atoms with Gasteiger partial charge in [0.05, 0.1) is 15.7 Å². The van der Waals surface area contributed by atoms with Gasteiger partial charge in [-0.1, -0.05) is 18.2 Å². The van der Waals surface area contributed by atoms with Crippen LogP contribution in [0.25, 0.3) is 0 Å². The van der Waals surface area contributed by atoms with E-state index in [9.17, 15) is 21.5 Å². The molecule has 0 aliphatic carbocycles. The molecule has 0 fully saturated rings. The Balaban J connectivity index is 2.40. The summed E-state index contributed by atoms with van der Waals surface area (Å²) in [6.07, 6.45) is 0. The summed E-state index contributed by atoms with van der Waals surface area (Å²) in [5.74, 6) is -1.68. The number of para-hydroxylation sites is 1. The molecule has 110 valence electrons. The second-order valence-corrected chi connectivity index (χ2v) is 6.16. The molecule has 2 aromatic rings. The Labute approximate surface area is 128 Å². The van der Waals surface area contributed by atoms with Crippen molar-refractivity contribution < 1.29 is 21.5 Å². The quantitative estimate of drug-likeness (QED) is 0.835. The molecule has 2 rings (SSSR count). The topological polar surface area (TPSA) is 63.2 Å². The van der Waals surface area contributed by atoms with E-state index < -0.39 is 26.8 Å². The van der Waals surface area contributed by atoms with Crippen molar-refractivity contribution in [2.45, 2.75) is 4.90 Å². The van der Waals surface area contributed by atoms with Crippen LogP contribution in [0.3, 0.4) is 0 Å². The molecule has 1 N–H and O–H groups in total. The molecule has 0 aliphatic heterocycles. The maximum absolute atomic E-state index is 13.8. The zero-order valence-corrected chi connectivity index (χ0v) is 12.7. The maximum atomic E-state index is 13.8. The number of amides is 1. The van der Waals surface area contributed by atoms with Gasteiger partial charge < -0.3 is 5.32 Å². The molecule has 0 aromatic heterocycles. The molecular weight excluding hydrogens is 368 g/mol. The Morgan fingerprint density at radius 1 is 1.10 bits per heavy atom. The Morgan fingerprint density at radius 3 is 2.43 bits per heavy atom. The van der Waals surface area contributed by atoms with Crippen molar-refractivity contribution in [2.24, 2.45) is 0 Å². The first kappa shape index (κ1) is 15.6. The molecule has 0 spiro atoms. The van der Waals surface area contributed by atoms with E-state index >= 15 is 0 Å². The summed E-state index contributed by atoms with van der Waals surface area (Å²) in [5.41, 5.74) is -0.556. The highest BCUT2D eigenvalue weighted by Crippen LogP contribution is 2.24. The highest BCUT2D eigenvalue weighted by Gasteiger charge is 2.20. The van der Waals surface area contributed by atoms with Crippen LogP contribution >= 0.6 is 15.9 Å². The van der Waals surface area contributed by atoms with Crippen molar-refractivity contribution in [3.8, 4) is 0 Å². The third-order valence-electron chi connectivity index (χ3n) is 2.59. The molecule has 8 heteroatoms. The van der Waals surface area contributed by atoms with Crippen molar-refractivity contribution in [1.29, 1.82) is 0 Å². The average Bonchev–Trinajstić information content (AvgIpc) is 2.41. The number of halogens is 3. The van der Waals surface area contributed by atoms with E-state index in [-0.39, 0.29) is 15.7 Å². The fourth-order valence-electron chi connectivity index (χ4n) is 1.65. The molecule has 0 saturated carbocycles. The standard InChI is InChI=1S/C13H8BrF2NO3S/c14-9-5-3-4-8(12(9)15)13(18)17-10-6-1-2-7-11(10)21(16,19)20/h1-7H,(H,17,18). The van der Waals surface area contributed by atoms with Crippen molar-refractivity contribution in [2.75, 3.05) is 5.32 Å². The van der Waals surface area contributed by atoms with E-state index in [1.807, 2.05) is 0 Å². The van der Waals surface area contributed by atoms with Crippen LogP contribution in [0.5, 0.6) is 0 Å². The first-order chi connectivity index (χ1) is 9.80. The Kier molecular flexibility index (Phi) is 4.38. The predicted octanol–water partition coefficient (Wildman–Crippen LogP) is 3.50. The van der Waals surface area contributed by atoms with Crippen LogP contribution in [0, 0.1) is 5.82 Å². The summed E-state index contributed by atoms with van der Waals surface area (Å²) in [4.78, 5) is 11.3. The van der Waals surface area contributed by atoms with Crippen LogP contribution in [0.4, 0.5) is 14.0 Å². The Hall–Kier alpha value is -1.80. The Bertz CT molecular complexity index is 809. The molecule has 0 atom stereocenters. The van der Waals surface area contributed by atoms with Gasteiger partial charge in [-0.15, -0.1) is 3.89 Å². The van der Waals surface area contributed by atoms with Crippen LogP contribution in [0.2, 0.25) is 0 Å². The molecule has 1 amide bonds. The van der Waals surface area contributed by atoms with Gasteiger partial charge in [-0.3, -0.25) is 4.79 Å². The Morgan fingerprint density at radius 2 is 1.76 bits per heavy atom. The van der Waals surface area contributed by atoms with Crippen molar-refractivity contribution >= 4 is 37.7 Å². The number of hydrogen-bond donors (Lipinski definition) is 1. The smallest absolute Gasteiger partial charge is 0.321 e. The van der Waals surface area contributed by atoms with E-state index in [1.165, 1.54) is 36.4 Å². The molecule has 0 bridgehead atoms. The fraction of sp³-hybridized carbons (Fsp3) is 0. The number of carbonyl (C=O) groups excluding carboxylic acids is 1. The number of rotatable bonds is 3. The van der Waals surface area contributed by atoms with Gasteiger partial charge in [-0.25, -0.2) is 4.39 Å². The van der Waals surface area contributed by atoms with E-state index in [0.717, 1.165) is 6.07 Å². The van der Waals surface area contributed by atoms with Crippen LogP contribution in [-0.2, 0) is 10.2 Å². The molecule has 0 saturated heterocycles. The number of carbonyl (C=O) groups is 1. The van der Waals surface area contributed by atoms with Gasteiger partial charge in [-0.2, -0.15) is 8.42 Å². The van der Waals surface area contributed by atoms with Crippen molar-refractivity contribution in [3.05, 3.63) is 58.3 Å². The molecule has 0 unspecified atom stereocenters. The third kappa shape index (κ3) is 3.45. The highest BCUT2D eigenvalue weighted by atomic mass is 79.9. The summed E-state index contributed by atoms with van der Waals surface area (Å²) in [7, 11) is -5.00. The van der Waals surface area contributed by atoms with E-state index in [2.05, 4.69) is 21.2 Å². The number of benzene rings is 2. The van der Waals surface area contributed by atoms with Crippen LogP contribution < -0.4 is 5.32 Å². The lowest BCUT2D eigenvalue weighted by Crippen LogP contribution is -2.15. The minimum absolute atomic E-state index is 0.0848. The zero-order valence-electron chi connectivity index (χ0n) is 10.3. The van der Waals surface area contributed by atoms with Gasteiger partial charge in [0.25, 0.3) is 5.91 Å². The summed E-state index contributed by atoms with van der Waals surface area (Å²) >= 11 is 2.94. The minimum atomic E-state index is -5.00. The van der Waals surface area contributed by atoms with Gasteiger partial charge in [0.2, 0.25) is 0 Å². The number of hydrogen-bond acceptors (Lipinski definition) is 3. The van der Waals surface area contributed by atoms with Crippen LogP contribution in [-0.4, -0.2) is 14.3 Å². The molecule has 0 radical (unpaired) electrons. The highest BCUT2D eigenvalue weighted by molar-refractivity contribution is 9.10. The summed E-state index contributed by atoms with van der Waals surface area (Å²) < 4.78 is 49.0. The van der Waals surface area contributed by atoms with E-state index in [0.29, 0.717) is 0 Å². The molecule has 0 aliphatic rings. The monoisotopic (exact) mass is 375 g/mol. The van der Waals surface area contributed by atoms with E-state index in [1.54, 1.807) is 0 Å². The van der Waals surface area contributed by atoms with Gasteiger partial charge in [0.15, 0.2) is 0 Å². The fourth-order valence-corrected chi connectivity index (χ4v) is 2.64. The van der Waals surface area contributed by atoms with E-state index in [4.69, 9.17) is 0 Å². The molecular formula is C13H8BrF2NO3S. The molecule has 2 aromatic carbocycles. The van der Waals surface area contributed by atoms with Gasteiger partial charge >= 0.3 is 10.2 Å². The maximum Gasteiger partial charge on any atom is 0.334 e. The molecule has 0 heterocycles. The van der Waals surface area contributed by atoms with Gasteiger partial charge in [0.1, 0.15) is 10.7 Å². The summed E-state index contributed by atoms with van der Waals surface area (Å²) in [6.45, 7) is 0. The minimum Gasteiger partial charge on any atom is -0.321 e. The van der Waals surface area contributed by atoms with Crippen LogP contribution in [0.15, 0.2) is 51.8 Å². The van der Waals surface area contributed by atoms with Crippen molar-refractivity contribution in [3.63, 3.8) is 0 Å². The van der Waals surface area contributed by atoms with Gasteiger partial charge in [0, 0.05) is 0 Å². The largest absolute Gasteiger partial charge is 0.334 e. The molecule has 21 heavy (non-hydrogen) atoms. The number of anilines is 1. The van der Waals surface area contributed by atoms with Gasteiger partial charge in [-0.05, 0) is 40.2 Å². The lowest BCUT2D eigenvalue weighted by molar-refractivity contribution is 0.102. The molecule has 4 nitrogen and oxygen atoms in total. The number of nitrogens with one attached hydrogen (secondary N) is 1. The lowest BCUT2D eigenvalue weighted by atomic mass is 10.2. The second-order valence-electron chi connectivity index (χ2n) is 3.99. The summed E-state index contributed by atoms with van der Waals surface area (Å²) in [6, 6.07) is 9.01. The second kappa shape index (κ2) is 5.90. The average molecular weight is 376 g/mol. The summed E-state index contributed by atoms with van der Waals surface area (Å²) in [5, 5.41) is 2.18. The van der Waals surface area contributed by atoms with Crippen molar-refractivity contribution in [1.82, 2.24) is 0 Å². The normalized spacial score (nSPS) is 11.2. The lowest BCUT2D eigenvalue weighted by Gasteiger charge is -2.09. The third-order valence-corrected chi connectivity index (χ3v) is 4.09. The first-order valence-corrected chi connectivity index (χ1v) is 7.77. The first-order valence-electron chi connectivity index (χ1n) is 5.60. The predicted molar refractivity (Wildman–Crippen MR) is 76.8 cm³/mol. The van der Waals surface area contributed by atoms with Crippen LogP contribution in [0.1, 0.15) is 10.4 Å².